The summed E-state index contributed by atoms with van der Waals surface area (Å²) in [7, 11) is 0. The number of ether oxygens (including phenoxy) is 1. The molecule has 1 unspecified atom stereocenters. The minimum Gasteiger partial charge on any atom is -0.508 e. The van der Waals surface area contributed by atoms with Gasteiger partial charge in [-0.3, -0.25) is 4.90 Å². The molecule has 0 saturated carbocycles. The molecule has 1 fully saturated rings. The maximum absolute atomic E-state index is 9.46. The summed E-state index contributed by atoms with van der Waals surface area (Å²) in [6.07, 6.45) is 2.51. The van der Waals surface area contributed by atoms with Crippen LogP contribution in [0.4, 0.5) is 0 Å². The highest BCUT2D eigenvalue weighted by molar-refractivity contribution is 5.44. The summed E-state index contributed by atoms with van der Waals surface area (Å²) >= 11 is 0. The second-order valence-corrected chi connectivity index (χ2v) is 5.66. The zero-order valence-electron chi connectivity index (χ0n) is 10.4. The first-order valence-corrected chi connectivity index (χ1v) is 6.30. The third-order valence-corrected chi connectivity index (χ3v) is 4.09. The van der Waals surface area contributed by atoms with Crippen molar-refractivity contribution in [3.05, 3.63) is 23.8 Å². The van der Waals surface area contributed by atoms with Gasteiger partial charge in [0.25, 0.3) is 0 Å². The molecule has 0 aliphatic carbocycles. The van der Waals surface area contributed by atoms with E-state index in [1.165, 1.54) is 18.4 Å². The lowest BCUT2D eigenvalue weighted by atomic mass is 9.98. The molecule has 2 aliphatic rings. The van der Waals surface area contributed by atoms with E-state index < -0.39 is 0 Å². The van der Waals surface area contributed by atoms with E-state index in [9.17, 15) is 5.11 Å². The Balaban J connectivity index is 1.93. The van der Waals surface area contributed by atoms with Gasteiger partial charge in [-0.25, -0.2) is 0 Å². The van der Waals surface area contributed by atoms with Crippen molar-refractivity contribution in [2.75, 3.05) is 13.2 Å². The zero-order chi connectivity index (χ0) is 12.0. The number of benzene rings is 1. The first-order chi connectivity index (χ1) is 8.08. The molecule has 3 rings (SSSR count). The van der Waals surface area contributed by atoms with Crippen molar-refractivity contribution >= 4 is 0 Å². The highest BCUT2D eigenvalue weighted by atomic mass is 16.5. The van der Waals surface area contributed by atoms with Crippen LogP contribution in [0, 0.1) is 0 Å². The summed E-state index contributed by atoms with van der Waals surface area (Å²) in [5.41, 5.74) is 1.48. The number of aromatic hydroxyl groups is 1. The Morgan fingerprint density at radius 1 is 1.41 bits per heavy atom. The normalized spacial score (nSPS) is 26.8. The largest absolute Gasteiger partial charge is 0.508 e. The molecular formula is C14H19NO2. The van der Waals surface area contributed by atoms with Crippen LogP contribution in [0.5, 0.6) is 11.5 Å². The molecule has 17 heavy (non-hydrogen) atoms. The standard InChI is InChI=1S/C14H19NO2/c1-14(2)6-3-7-15(14)12-9-17-13-8-10(16)4-5-11(12)13/h4-5,8,12,16H,3,6-7,9H2,1-2H3. The van der Waals surface area contributed by atoms with Crippen molar-refractivity contribution in [2.24, 2.45) is 0 Å². The van der Waals surface area contributed by atoms with Gasteiger partial charge in [0.05, 0.1) is 6.04 Å². The van der Waals surface area contributed by atoms with E-state index in [1.807, 2.05) is 6.07 Å². The third kappa shape index (κ3) is 1.69. The van der Waals surface area contributed by atoms with Crippen LogP contribution >= 0.6 is 0 Å². The maximum Gasteiger partial charge on any atom is 0.128 e. The molecule has 3 nitrogen and oxygen atoms in total. The van der Waals surface area contributed by atoms with E-state index in [0.29, 0.717) is 12.6 Å². The predicted molar refractivity (Wildman–Crippen MR) is 66.4 cm³/mol. The fourth-order valence-electron chi connectivity index (χ4n) is 3.15. The van der Waals surface area contributed by atoms with Crippen molar-refractivity contribution in [2.45, 2.75) is 38.3 Å². The molecule has 0 spiro atoms. The average Bonchev–Trinajstić information content (AvgIpc) is 2.80. The minimum absolute atomic E-state index is 0.257. The number of likely N-dealkylation sites (tertiary alicyclic amines) is 1. The van der Waals surface area contributed by atoms with E-state index in [0.717, 1.165) is 12.3 Å². The number of hydrogen-bond acceptors (Lipinski definition) is 3. The number of nitrogens with zero attached hydrogens (tertiary/aromatic N) is 1. The van der Waals surface area contributed by atoms with Crippen LogP contribution in [-0.2, 0) is 0 Å². The maximum atomic E-state index is 9.46. The molecule has 1 saturated heterocycles. The van der Waals surface area contributed by atoms with Gasteiger partial charge >= 0.3 is 0 Å². The van der Waals surface area contributed by atoms with Gasteiger partial charge < -0.3 is 9.84 Å². The highest BCUT2D eigenvalue weighted by Crippen LogP contribution is 2.43. The van der Waals surface area contributed by atoms with Crippen LogP contribution in [0.2, 0.25) is 0 Å². The Labute approximate surface area is 102 Å². The molecule has 1 aromatic carbocycles. The zero-order valence-corrected chi connectivity index (χ0v) is 10.4. The molecule has 3 heteroatoms. The first-order valence-electron chi connectivity index (χ1n) is 6.30. The second-order valence-electron chi connectivity index (χ2n) is 5.66. The lowest BCUT2D eigenvalue weighted by Gasteiger charge is -2.35. The van der Waals surface area contributed by atoms with Gasteiger partial charge in [0.15, 0.2) is 0 Å². The summed E-state index contributed by atoms with van der Waals surface area (Å²) < 4.78 is 5.70. The van der Waals surface area contributed by atoms with Crippen molar-refractivity contribution in [3.63, 3.8) is 0 Å². The molecular weight excluding hydrogens is 214 g/mol. The summed E-state index contributed by atoms with van der Waals surface area (Å²) in [5.74, 6) is 1.13. The van der Waals surface area contributed by atoms with E-state index in [1.54, 1.807) is 12.1 Å². The van der Waals surface area contributed by atoms with Crippen molar-refractivity contribution in [3.8, 4) is 11.5 Å². The van der Waals surface area contributed by atoms with Crippen LogP contribution in [0.1, 0.15) is 38.3 Å². The molecule has 1 N–H and O–H groups in total. The Morgan fingerprint density at radius 3 is 2.94 bits per heavy atom. The number of rotatable bonds is 1. The van der Waals surface area contributed by atoms with E-state index >= 15 is 0 Å². The minimum atomic E-state index is 0.257. The molecule has 0 bridgehead atoms. The molecule has 0 aromatic heterocycles. The quantitative estimate of drug-likeness (QED) is 0.809. The topological polar surface area (TPSA) is 32.7 Å². The van der Waals surface area contributed by atoms with Gasteiger partial charge in [-0.2, -0.15) is 0 Å². The van der Waals surface area contributed by atoms with Gasteiger partial charge in [-0.1, -0.05) is 0 Å². The molecule has 1 aromatic rings. The van der Waals surface area contributed by atoms with E-state index in [-0.39, 0.29) is 11.3 Å². The van der Waals surface area contributed by atoms with E-state index in [4.69, 9.17) is 4.74 Å². The molecule has 2 heterocycles. The third-order valence-electron chi connectivity index (χ3n) is 4.09. The number of phenolic OH excluding ortho intramolecular Hbond substituents is 1. The van der Waals surface area contributed by atoms with Gasteiger partial charge in [0, 0.05) is 17.2 Å². The van der Waals surface area contributed by atoms with Crippen molar-refractivity contribution in [1.29, 1.82) is 0 Å². The summed E-state index contributed by atoms with van der Waals surface area (Å²) in [4.78, 5) is 2.54. The second kappa shape index (κ2) is 3.64. The van der Waals surface area contributed by atoms with E-state index in [2.05, 4.69) is 18.7 Å². The molecule has 1 atom stereocenters. The molecule has 92 valence electrons. The number of phenols is 1. The number of hydrogen-bond donors (Lipinski definition) is 1. The highest BCUT2D eigenvalue weighted by Gasteiger charge is 2.40. The van der Waals surface area contributed by atoms with Crippen LogP contribution in [0.25, 0.3) is 0 Å². The first kappa shape index (κ1) is 10.9. The van der Waals surface area contributed by atoms with Crippen LogP contribution in [-0.4, -0.2) is 28.7 Å². The van der Waals surface area contributed by atoms with Crippen LogP contribution in [0.15, 0.2) is 18.2 Å². The smallest absolute Gasteiger partial charge is 0.128 e. The fourth-order valence-corrected chi connectivity index (χ4v) is 3.15. The van der Waals surface area contributed by atoms with Crippen molar-refractivity contribution < 1.29 is 9.84 Å². The average molecular weight is 233 g/mol. The number of fused-ring (bicyclic) bond motifs is 1. The van der Waals surface area contributed by atoms with Gasteiger partial charge in [0.1, 0.15) is 18.1 Å². The van der Waals surface area contributed by atoms with Gasteiger partial charge in [-0.05, 0) is 45.4 Å². The monoisotopic (exact) mass is 233 g/mol. The molecule has 0 amide bonds. The molecule has 0 radical (unpaired) electrons. The van der Waals surface area contributed by atoms with Gasteiger partial charge in [-0.15, -0.1) is 0 Å². The summed E-state index contributed by atoms with van der Waals surface area (Å²) in [6.45, 7) is 6.46. The van der Waals surface area contributed by atoms with Crippen LogP contribution in [0.3, 0.4) is 0 Å². The van der Waals surface area contributed by atoms with Gasteiger partial charge in [0.2, 0.25) is 0 Å². The lowest BCUT2D eigenvalue weighted by molar-refractivity contribution is 0.0974. The molecule has 2 aliphatic heterocycles. The van der Waals surface area contributed by atoms with Crippen molar-refractivity contribution in [1.82, 2.24) is 4.90 Å². The Kier molecular flexibility index (Phi) is 2.33. The SMILES string of the molecule is CC1(C)CCCN1C1COc2cc(O)ccc21. The Hall–Kier alpha value is -1.22. The Bertz CT molecular complexity index is 442. The Morgan fingerprint density at radius 2 is 2.24 bits per heavy atom. The van der Waals surface area contributed by atoms with Crippen LogP contribution < -0.4 is 4.74 Å². The lowest BCUT2D eigenvalue weighted by Crippen LogP contribution is -2.41. The predicted octanol–water partition coefficient (Wildman–Crippen LogP) is 2.70. The summed E-state index contributed by atoms with van der Waals surface area (Å²) in [5, 5.41) is 9.46. The summed E-state index contributed by atoms with van der Waals surface area (Å²) in [6, 6.07) is 5.82. The fraction of sp³-hybridized carbons (Fsp3) is 0.571.